The first-order valence-corrected chi connectivity index (χ1v) is 9.20. The quantitative estimate of drug-likeness (QED) is 0.900. The maximum Gasteiger partial charge on any atom is 0.165 e. The largest absolute Gasteiger partial charge is 0.496 e. The van der Waals surface area contributed by atoms with E-state index in [1.54, 1.807) is 7.11 Å². The molecule has 6 nitrogen and oxygen atoms in total. The standard InChI is InChI=1S/C19H27NO5/c1-21-16-11-18-17(23-8-9-24-18)10-14(16)13-20-15-2-5-25-19(12-15)3-6-22-7-4-19/h10-11,15,20H,2-9,12-13H2,1H3. The Labute approximate surface area is 148 Å². The smallest absolute Gasteiger partial charge is 0.165 e. The van der Waals surface area contributed by atoms with Gasteiger partial charge < -0.3 is 29.0 Å². The Kier molecular flexibility index (Phi) is 5.01. The van der Waals surface area contributed by atoms with Gasteiger partial charge in [0.25, 0.3) is 0 Å². The van der Waals surface area contributed by atoms with E-state index < -0.39 is 0 Å². The summed E-state index contributed by atoms with van der Waals surface area (Å²) in [5.74, 6) is 2.40. The average Bonchev–Trinajstić information content (AvgIpc) is 2.66. The summed E-state index contributed by atoms with van der Waals surface area (Å²) in [4.78, 5) is 0. The van der Waals surface area contributed by atoms with Gasteiger partial charge in [-0.3, -0.25) is 0 Å². The topological polar surface area (TPSA) is 58.2 Å². The summed E-state index contributed by atoms with van der Waals surface area (Å²) >= 11 is 0. The molecule has 6 heteroatoms. The van der Waals surface area contributed by atoms with Gasteiger partial charge in [0.2, 0.25) is 0 Å². The third-order valence-corrected chi connectivity index (χ3v) is 5.42. The van der Waals surface area contributed by atoms with E-state index in [0.717, 1.165) is 74.9 Å². The van der Waals surface area contributed by atoms with Crippen molar-refractivity contribution in [2.45, 2.75) is 43.9 Å². The molecule has 1 aromatic rings. The van der Waals surface area contributed by atoms with Crippen LogP contribution in [0.3, 0.4) is 0 Å². The van der Waals surface area contributed by atoms with Crippen LogP contribution in [0.25, 0.3) is 0 Å². The molecule has 2 saturated heterocycles. The van der Waals surface area contributed by atoms with E-state index in [4.69, 9.17) is 23.7 Å². The molecule has 1 unspecified atom stereocenters. The normalized spacial score (nSPS) is 24.9. The highest BCUT2D eigenvalue weighted by molar-refractivity contribution is 5.51. The van der Waals surface area contributed by atoms with E-state index >= 15 is 0 Å². The number of ether oxygens (including phenoxy) is 5. The molecule has 2 fully saturated rings. The van der Waals surface area contributed by atoms with Crippen LogP contribution in [0.2, 0.25) is 0 Å². The lowest BCUT2D eigenvalue weighted by Crippen LogP contribution is -2.49. The van der Waals surface area contributed by atoms with Crippen LogP contribution in [0.5, 0.6) is 17.2 Å². The summed E-state index contributed by atoms with van der Waals surface area (Å²) in [6.45, 7) is 4.36. The van der Waals surface area contributed by atoms with Crippen molar-refractivity contribution in [3.63, 3.8) is 0 Å². The zero-order valence-electron chi connectivity index (χ0n) is 14.8. The SMILES string of the molecule is COc1cc2c(cc1CNC1CCOC3(CCOCC3)C1)OCCO2. The second-order valence-corrected chi connectivity index (χ2v) is 7.02. The zero-order chi connectivity index (χ0) is 17.1. The molecule has 4 rings (SSSR count). The predicted molar refractivity (Wildman–Crippen MR) is 92.6 cm³/mol. The molecule has 3 heterocycles. The number of nitrogens with one attached hydrogen (secondary N) is 1. The minimum absolute atomic E-state index is 0.00502. The molecule has 1 N–H and O–H groups in total. The Morgan fingerprint density at radius 3 is 2.60 bits per heavy atom. The fraction of sp³-hybridized carbons (Fsp3) is 0.684. The maximum absolute atomic E-state index is 6.13. The van der Waals surface area contributed by atoms with E-state index in [0.29, 0.717) is 19.3 Å². The fourth-order valence-corrected chi connectivity index (χ4v) is 3.99. The van der Waals surface area contributed by atoms with Gasteiger partial charge in [-0.25, -0.2) is 0 Å². The molecular weight excluding hydrogens is 322 g/mol. The summed E-state index contributed by atoms with van der Waals surface area (Å²) in [5, 5.41) is 3.69. The first kappa shape index (κ1) is 16.9. The van der Waals surface area contributed by atoms with Crippen LogP contribution in [0, 0.1) is 0 Å². The lowest BCUT2D eigenvalue weighted by atomic mass is 9.84. The molecule has 0 amide bonds. The van der Waals surface area contributed by atoms with Crippen LogP contribution >= 0.6 is 0 Å². The Hall–Kier alpha value is -1.50. The van der Waals surface area contributed by atoms with E-state index in [1.807, 2.05) is 12.1 Å². The molecule has 1 aromatic carbocycles. The van der Waals surface area contributed by atoms with Gasteiger partial charge in [0.15, 0.2) is 11.5 Å². The molecule has 0 bridgehead atoms. The molecule has 3 aliphatic rings. The monoisotopic (exact) mass is 349 g/mol. The number of fused-ring (bicyclic) bond motifs is 1. The van der Waals surface area contributed by atoms with Crippen LogP contribution in [0.4, 0.5) is 0 Å². The van der Waals surface area contributed by atoms with Gasteiger partial charge in [0, 0.05) is 44.0 Å². The van der Waals surface area contributed by atoms with Crippen LogP contribution in [-0.4, -0.2) is 51.8 Å². The Bertz CT molecular complexity index is 594. The third kappa shape index (κ3) is 3.71. The highest BCUT2D eigenvalue weighted by atomic mass is 16.6. The Morgan fingerprint density at radius 1 is 1.08 bits per heavy atom. The van der Waals surface area contributed by atoms with Crippen LogP contribution in [-0.2, 0) is 16.0 Å². The van der Waals surface area contributed by atoms with Crippen molar-refractivity contribution in [3.05, 3.63) is 17.7 Å². The van der Waals surface area contributed by atoms with Crippen LogP contribution < -0.4 is 19.5 Å². The lowest BCUT2D eigenvalue weighted by Gasteiger charge is -2.43. The predicted octanol–water partition coefficient (Wildman–Crippen LogP) is 2.28. The molecule has 1 atom stereocenters. The van der Waals surface area contributed by atoms with Gasteiger partial charge in [-0.1, -0.05) is 0 Å². The number of hydrogen-bond donors (Lipinski definition) is 1. The van der Waals surface area contributed by atoms with Crippen molar-refractivity contribution >= 4 is 0 Å². The Balaban J connectivity index is 1.42. The summed E-state index contributed by atoms with van der Waals surface area (Å²) in [6.07, 6.45) is 4.08. The van der Waals surface area contributed by atoms with Crippen molar-refractivity contribution in [2.24, 2.45) is 0 Å². The third-order valence-electron chi connectivity index (χ3n) is 5.42. The molecule has 0 aliphatic carbocycles. The average molecular weight is 349 g/mol. The van der Waals surface area contributed by atoms with Crippen LogP contribution in [0.15, 0.2) is 12.1 Å². The summed E-state index contributed by atoms with van der Waals surface area (Å²) in [7, 11) is 1.69. The van der Waals surface area contributed by atoms with Gasteiger partial charge in [-0.2, -0.15) is 0 Å². The molecule has 1 spiro atoms. The van der Waals surface area contributed by atoms with Gasteiger partial charge in [0.05, 0.1) is 12.7 Å². The molecule has 0 saturated carbocycles. The zero-order valence-corrected chi connectivity index (χ0v) is 14.8. The highest BCUT2D eigenvalue weighted by Gasteiger charge is 2.38. The highest BCUT2D eigenvalue weighted by Crippen LogP contribution is 2.37. The van der Waals surface area contributed by atoms with Crippen molar-refractivity contribution in [3.8, 4) is 17.2 Å². The second-order valence-electron chi connectivity index (χ2n) is 7.02. The van der Waals surface area contributed by atoms with E-state index in [9.17, 15) is 0 Å². The number of rotatable bonds is 4. The minimum Gasteiger partial charge on any atom is -0.496 e. The Morgan fingerprint density at radius 2 is 1.84 bits per heavy atom. The summed E-state index contributed by atoms with van der Waals surface area (Å²) in [5.41, 5.74) is 1.10. The molecule has 0 radical (unpaired) electrons. The van der Waals surface area contributed by atoms with Crippen LogP contribution in [0.1, 0.15) is 31.2 Å². The van der Waals surface area contributed by atoms with E-state index in [-0.39, 0.29) is 5.60 Å². The van der Waals surface area contributed by atoms with Crippen molar-refractivity contribution in [2.75, 3.05) is 40.1 Å². The number of hydrogen-bond acceptors (Lipinski definition) is 6. The number of benzene rings is 1. The van der Waals surface area contributed by atoms with Gasteiger partial charge >= 0.3 is 0 Å². The minimum atomic E-state index is 0.00502. The van der Waals surface area contributed by atoms with Gasteiger partial charge in [0.1, 0.15) is 19.0 Å². The second kappa shape index (κ2) is 7.40. The van der Waals surface area contributed by atoms with E-state index in [2.05, 4.69) is 5.32 Å². The lowest BCUT2D eigenvalue weighted by molar-refractivity contribution is -0.140. The van der Waals surface area contributed by atoms with Gasteiger partial charge in [-0.05, 0) is 31.7 Å². The van der Waals surface area contributed by atoms with Gasteiger partial charge in [-0.15, -0.1) is 0 Å². The number of methoxy groups -OCH3 is 1. The van der Waals surface area contributed by atoms with E-state index in [1.165, 1.54) is 0 Å². The molecule has 25 heavy (non-hydrogen) atoms. The summed E-state index contributed by atoms with van der Waals surface area (Å²) in [6, 6.07) is 4.41. The van der Waals surface area contributed by atoms with Crippen molar-refractivity contribution in [1.29, 1.82) is 0 Å². The summed E-state index contributed by atoms with van der Waals surface area (Å²) < 4.78 is 28.5. The van der Waals surface area contributed by atoms with Crippen molar-refractivity contribution < 1.29 is 23.7 Å². The van der Waals surface area contributed by atoms with Crippen molar-refractivity contribution in [1.82, 2.24) is 5.32 Å². The first-order valence-electron chi connectivity index (χ1n) is 9.20. The maximum atomic E-state index is 6.13. The fourth-order valence-electron chi connectivity index (χ4n) is 3.99. The molecule has 3 aliphatic heterocycles. The first-order chi connectivity index (χ1) is 12.3. The molecular formula is C19H27NO5. The molecule has 138 valence electrons. The molecule has 0 aromatic heterocycles.